The number of halogens is 1. The molecule has 0 aliphatic rings. The summed E-state index contributed by atoms with van der Waals surface area (Å²) >= 11 is 0. The molecule has 0 spiro atoms. The van der Waals surface area contributed by atoms with E-state index in [1.54, 1.807) is 6.20 Å². The highest BCUT2D eigenvalue weighted by Crippen LogP contribution is 2.53. The molecule has 186 valence electrons. The van der Waals surface area contributed by atoms with Crippen molar-refractivity contribution in [3.8, 4) is 11.4 Å². The van der Waals surface area contributed by atoms with Crippen LogP contribution in [0.5, 0.6) is 0 Å². The summed E-state index contributed by atoms with van der Waals surface area (Å²) in [6.45, 7) is 0. The van der Waals surface area contributed by atoms with Gasteiger partial charge in [-0.1, -0.05) is 84.9 Å². The second kappa shape index (κ2) is 11.6. The van der Waals surface area contributed by atoms with Crippen LogP contribution in [0.25, 0.3) is 11.4 Å². The van der Waals surface area contributed by atoms with E-state index in [4.69, 9.17) is 23.6 Å². The predicted molar refractivity (Wildman–Crippen MR) is 135 cm³/mol. The number of rotatable bonds is 5. The molecule has 0 amide bonds. The summed E-state index contributed by atoms with van der Waals surface area (Å²) in [5, 5.41) is 4.06. The Labute approximate surface area is 216 Å². The summed E-state index contributed by atoms with van der Waals surface area (Å²) in [5.74, 6) is 0.576. The van der Waals surface area contributed by atoms with Gasteiger partial charge in [-0.2, -0.15) is 0 Å². The fraction of sp³-hybridized carbons (Fsp3) is 0. The van der Waals surface area contributed by atoms with E-state index in [2.05, 4.69) is 41.4 Å². The van der Waals surface area contributed by atoms with Crippen LogP contribution in [0.4, 0.5) is 0 Å². The molecule has 0 aliphatic heterocycles. The summed E-state index contributed by atoms with van der Waals surface area (Å²) in [4.78, 5) is 21.5. The highest BCUT2D eigenvalue weighted by atomic mass is 35.7. The predicted octanol–water partition coefficient (Wildman–Crippen LogP) is -0.700. The Kier molecular flexibility index (Phi) is 8.26. The Morgan fingerprint density at radius 1 is 0.595 bits per heavy atom. The number of benzene rings is 4. The van der Waals surface area contributed by atoms with Crippen molar-refractivity contribution >= 4 is 28.5 Å². The van der Waals surface area contributed by atoms with Crippen LogP contribution in [0, 0.1) is 10.2 Å². The fourth-order valence-corrected chi connectivity index (χ4v) is 8.37. The van der Waals surface area contributed by atoms with E-state index in [-0.39, 0.29) is 5.56 Å². The molecule has 0 bridgehead atoms. The van der Waals surface area contributed by atoms with Crippen LogP contribution in [0.15, 0.2) is 132 Å². The van der Waals surface area contributed by atoms with Gasteiger partial charge in [0, 0.05) is 5.56 Å². The van der Waals surface area contributed by atoms with E-state index in [0.717, 1.165) is 21.5 Å². The van der Waals surface area contributed by atoms with Crippen LogP contribution < -0.4 is 45.4 Å². The van der Waals surface area contributed by atoms with Crippen LogP contribution in [-0.2, 0) is 0 Å². The zero-order valence-corrected chi connectivity index (χ0v) is 21.1. The second-order valence-corrected chi connectivity index (χ2v) is 12.0. The van der Waals surface area contributed by atoms with Crippen molar-refractivity contribution in [3.63, 3.8) is 0 Å². The lowest BCUT2D eigenvalue weighted by Gasteiger charge is -2.26. The second-order valence-electron chi connectivity index (χ2n) is 7.87. The molecule has 4 aromatic carbocycles. The van der Waals surface area contributed by atoms with Crippen molar-refractivity contribution in [2.24, 2.45) is 0 Å². The average molecular weight is 533 g/mol. The lowest BCUT2D eigenvalue weighted by molar-refractivity contribution is -2.00. The van der Waals surface area contributed by atoms with Crippen LogP contribution in [0.2, 0.25) is 0 Å². The molecule has 1 aromatic heterocycles. The lowest BCUT2D eigenvalue weighted by Crippen LogP contribution is -2.68. The van der Waals surface area contributed by atoms with Gasteiger partial charge in [0.25, 0.3) is 5.56 Å². The smallest absolute Gasteiger partial charge is 0.294 e. The molecule has 9 heteroatoms. The molecule has 0 saturated heterocycles. The average Bonchev–Trinajstić information content (AvgIpc) is 2.91. The third kappa shape index (κ3) is 6.18. The highest BCUT2D eigenvalue weighted by Gasteiger charge is 2.50. The molecular weight excluding hydrogens is 511 g/mol. The van der Waals surface area contributed by atoms with Gasteiger partial charge in [0.05, 0.1) is 6.20 Å². The molecule has 0 atom stereocenters. The standard InChI is InChI=1S/C28H21N2OP.ClHO4/c31-28-26(21-29-27(30-28)22-13-5-1-6-14-22)32(23-15-7-2-8-16-23,24-17-9-3-10-18-24)25-19-11-4-12-20-25;2-1(3,4)5/h1-21H;(H,2,3,4,5). The third-order valence-electron chi connectivity index (χ3n) is 5.62. The summed E-state index contributed by atoms with van der Waals surface area (Å²) < 4.78 is 34.0. The van der Waals surface area contributed by atoms with Crippen LogP contribution in [0.3, 0.4) is 0 Å². The van der Waals surface area contributed by atoms with E-state index < -0.39 is 17.5 Å². The van der Waals surface area contributed by atoms with Gasteiger partial charge in [0.15, 0.2) is 12.6 Å². The van der Waals surface area contributed by atoms with Gasteiger partial charge >= 0.3 is 0 Å². The number of hydrogen-bond acceptors (Lipinski definition) is 6. The molecule has 0 aliphatic carbocycles. The monoisotopic (exact) mass is 532 g/mol. The lowest BCUT2D eigenvalue weighted by atomic mass is 10.2. The van der Waals surface area contributed by atoms with Gasteiger partial charge in [-0.15, -0.1) is 10.2 Å². The molecule has 1 heterocycles. The first-order valence-electron chi connectivity index (χ1n) is 11.1. The number of aromatic amines is 1. The van der Waals surface area contributed by atoms with Crippen molar-refractivity contribution in [1.82, 2.24) is 9.97 Å². The topological polar surface area (TPSA) is 138 Å². The summed E-state index contributed by atoms with van der Waals surface area (Å²) in [7, 11) is -7.41. The van der Waals surface area contributed by atoms with E-state index in [1.165, 1.54) is 0 Å². The van der Waals surface area contributed by atoms with Gasteiger partial charge in [-0.3, -0.25) is 4.79 Å². The Hall–Kier alpha value is -3.68. The highest BCUT2D eigenvalue weighted by molar-refractivity contribution is 8.01. The summed E-state index contributed by atoms with van der Waals surface area (Å²) in [6.07, 6.45) is 1.78. The van der Waals surface area contributed by atoms with Crippen LogP contribution in [0.1, 0.15) is 0 Å². The minimum Gasteiger partial charge on any atom is -0.303 e. The summed E-state index contributed by atoms with van der Waals surface area (Å²) in [5.41, 5.74) is 0.781. The Balaban J connectivity index is 0.000000586. The Morgan fingerprint density at radius 3 is 1.30 bits per heavy atom. The molecule has 37 heavy (non-hydrogen) atoms. The first kappa shape index (κ1) is 26.4. The molecule has 0 unspecified atom stereocenters. The van der Waals surface area contributed by atoms with Crippen LogP contribution in [-0.4, -0.2) is 9.97 Å². The molecule has 0 fully saturated rings. The molecule has 1 N–H and O–H groups in total. The van der Waals surface area contributed by atoms with E-state index in [1.807, 2.05) is 84.9 Å². The minimum atomic E-state index is -4.94. The van der Waals surface area contributed by atoms with Gasteiger partial charge in [0.2, 0.25) is 0 Å². The normalized spacial score (nSPS) is 11.4. The minimum absolute atomic E-state index is 0.108. The quantitative estimate of drug-likeness (QED) is 0.297. The molecule has 5 aromatic rings. The zero-order valence-electron chi connectivity index (χ0n) is 19.4. The maximum absolute atomic E-state index is 13.7. The molecule has 7 nitrogen and oxygen atoms in total. The molecule has 0 radical (unpaired) electrons. The number of nitrogens with zero attached hydrogens (tertiary/aromatic N) is 1. The maximum Gasteiger partial charge on any atom is 0.294 e. The van der Waals surface area contributed by atoms with Crippen molar-refractivity contribution in [3.05, 3.63) is 138 Å². The number of hydrogen-bond donors (Lipinski definition) is 1. The van der Waals surface area contributed by atoms with Crippen molar-refractivity contribution in [2.45, 2.75) is 0 Å². The SMILES string of the molecule is O=c1[nH]c(-c2ccccc2)ncc1[P+](c1ccccc1)(c1ccccc1)c1ccccc1.[O-][Cl+3]([O-])([O-])[O-]. The van der Waals surface area contributed by atoms with Gasteiger partial charge < -0.3 is 4.98 Å². The first-order valence-corrected chi connectivity index (χ1v) is 14.2. The number of nitrogens with one attached hydrogen (secondary N) is 1. The molecule has 5 rings (SSSR count). The van der Waals surface area contributed by atoms with Gasteiger partial charge in [0.1, 0.15) is 21.7 Å². The van der Waals surface area contributed by atoms with Crippen molar-refractivity contribution < 1.29 is 28.9 Å². The number of aromatic nitrogens is 2. The van der Waals surface area contributed by atoms with Crippen molar-refractivity contribution in [1.29, 1.82) is 0 Å². The van der Waals surface area contributed by atoms with Gasteiger partial charge in [-0.25, -0.2) is 23.6 Å². The van der Waals surface area contributed by atoms with Crippen molar-refractivity contribution in [2.75, 3.05) is 0 Å². The fourth-order valence-electron chi connectivity index (χ4n) is 4.19. The number of H-pyrrole nitrogens is 1. The Bertz CT molecular complexity index is 1380. The van der Waals surface area contributed by atoms with E-state index in [0.29, 0.717) is 11.1 Å². The van der Waals surface area contributed by atoms with E-state index in [9.17, 15) is 4.79 Å². The summed E-state index contributed by atoms with van der Waals surface area (Å²) in [6, 6.07) is 40.7. The molecular formula is C28H22ClN2O5P. The Morgan fingerprint density at radius 2 is 0.946 bits per heavy atom. The third-order valence-corrected chi connectivity index (χ3v) is 9.88. The zero-order chi connectivity index (χ0) is 26.3. The van der Waals surface area contributed by atoms with Crippen LogP contribution >= 0.6 is 7.26 Å². The maximum atomic E-state index is 13.7. The largest absolute Gasteiger partial charge is 0.303 e. The first-order chi connectivity index (χ1) is 17.8. The van der Waals surface area contributed by atoms with E-state index >= 15 is 0 Å². The molecule has 0 saturated carbocycles. The van der Waals surface area contributed by atoms with Gasteiger partial charge in [-0.05, 0) is 36.4 Å².